The van der Waals surface area contributed by atoms with Crippen molar-refractivity contribution < 1.29 is 14.3 Å². The van der Waals surface area contributed by atoms with E-state index in [1.807, 2.05) is 16.7 Å². The average Bonchev–Trinajstić information content (AvgIpc) is 2.65. The summed E-state index contributed by atoms with van der Waals surface area (Å²) in [5.41, 5.74) is 1.75. The van der Waals surface area contributed by atoms with Crippen LogP contribution in [0.15, 0.2) is 12.4 Å². The van der Waals surface area contributed by atoms with Crippen LogP contribution in [0.4, 0.5) is 4.79 Å². The minimum atomic E-state index is -0.219. The second-order valence-electron chi connectivity index (χ2n) is 9.50. The molecule has 3 rings (SSSR count). The van der Waals surface area contributed by atoms with Gasteiger partial charge in [0.1, 0.15) is 0 Å². The molecule has 1 aromatic heterocycles. The van der Waals surface area contributed by atoms with Gasteiger partial charge in [-0.2, -0.15) is 0 Å². The fourth-order valence-corrected chi connectivity index (χ4v) is 3.88. The number of piperidine rings is 2. The van der Waals surface area contributed by atoms with Gasteiger partial charge in [0.2, 0.25) is 5.91 Å². The molecular formula is C21H32N4O3. The summed E-state index contributed by atoms with van der Waals surface area (Å²) in [6, 6.07) is 0. The number of nitrogens with zero attached hydrogens (tertiary/aromatic N) is 4. The van der Waals surface area contributed by atoms with E-state index in [9.17, 15) is 9.59 Å². The number of carbonyl (C=O) groups is 2. The number of aryl methyl sites for hydroxylation is 1. The van der Waals surface area contributed by atoms with Crippen LogP contribution in [-0.4, -0.2) is 58.0 Å². The van der Waals surface area contributed by atoms with Crippen LogP contribution in [0.25, 0.3) is 0 Å². The maximum absolute atomic E-state index is 12.4. The van der Waals surface area contributed by atoms with Crippen LogP contribution in [-0.2, 0) is 16.1 Å². The first-order chi connectivity index (χ1) is 13.2. The van der Waals surface area contributed by atoms with Crippen molar-refractivity contribution >= 4 is 12.0 Å². The maximum atomic E-state index is 12.4. The summed E-state index contributed by atoms with van der Waals surface area (Å²) < 4.78 is 5.46. The molecule has 2 aliphatic rings. The van der Waals surface area contributed by atoms with E-state index in [0.29, 0.717) is 32.7 Å². The summed E-state index contributed by atoms with van der Waals surface area (Å²) in [4.78, 5) is 37.2. The SMILES string of the molecule is Cc1cnc(CN2CC3(CCC2=O)CCN(C(=O)OCC(C)(C)C)CC3)cn1. The van der Waals surface area contributed by atoms with Gasteiger partial charge in [-0.15, -0.1) is 0 Å². The lowest BCUT2D eigenvalue weighted by molar-refractivity contribution is -0.139. The highest BCUT2D eigenvalue weighted by molar-refractivity contribution is 5.77. The number of rotatable bonds is 3. The van der Waals surface area contributed by atoms with Gasteiger partial charge in [0.15, 0.2) is 0 Å². The molecule has 2 saturated heterocycles. The van der Waals surface area contributed by atoms with Crippen LogP contribution in [0, 0.1) is 17.8 Å². The zero-order valence-electron chi connectivity index (χ0n) is 17.5. The second-order valence-corrected chi connectivity index (χ2v) is 9.50. The third kappa shape index (κ3) is 5.20. The van der Waals surface area contributed by atoms with Crippen molar-refractivity contribution in [1.82, 2.24) is 19.8 Å². The van der Waals surface area contributed by atoms with Crippen molar-refractivity contribution in [2.24, 2.45) is 10.8 Å². The van der Waals surface area contributed by atoms with Crippen LogP contribution in [0.5, 0.6) is 0 Å². The molecule has 0 N–H and O–H groups in total. The number of ether oxygens (including phenoxy) is 1. The number of likely N-dealkylation sites (tertiary alicyclic amines) is 2. The summed E-state index contributed by atoms with van der Waals surface area (Å²) in [7, 11) is 0. The summed E-state index contributed by atoms with van der Waals surface area (Å²) >= 11 is 0. The number of amides is 2. The number of aromatic nitrogens is 2. The van der Waals surface area contributed by atoms with Gasteiger partial charge in [-0.25, -0.2) is 4.79 Å². The van der Waals surface area contributed by atoms with E-state index in [1.54, 1.807) is 12.4 Å². The fourth-order valence-electron chi connectivity index (χ4n) is 3.88. The Balaban J connectivity index is 1.56. The molecule has 2 amide bonds. The van der Waals surface area contributed by atoms with Crippen molar-refractivity contribution in [1.29, 1.82) is 0 Å². The molecule has 2 fully saturated rings. The Bertz CT molecular complexity index is 703. The maximum Gasteiger partial charge on any atom is 0.409 e. The van der Waals surface area contributed by atoms with Crippen molar-refractivity contribution in [3.8, 4) is 0 Å². The lowest BCUT2D eigenvalue weighted by Crippen LogP contribution is -2.52. The Labute approximate surface area is 167 Å². The molecule has 0 atom stereocenters. The third-order valence-electron chi connectivity index (χ3n) is 5.65. The zero-order chi connectivity index (χ0) is 20.4. The van der Waals surface area contributed by atoms with Gasteiger partial charge >= 0.3 is 6.09 Å². The van der Waals surface area contributed by atoms with Crippen molar-refractivity contribution in [2.75, 3.05) is 26.2 Å². The number of hydrogen-bond donors (Lipinski definition) is 0. The van der Waals surface area contributed by atoms with Gasteiger partial charge < -0.3 is 14.5 Å². The van der Waals surface area contributed by atoms with Gasteiger partial charge in [0.05, 0.1) is 30.7 Å². The van der Waals surface area contributed by atoms with E-state index in [4.69, 9.17) is 4.74 Å². The molecule has 154 valence electrons. The van der Waals surface area contributed by atoms with E-state index in [1.165, 1.54) is 0 Å². The van der Waals surface area contributed by atoms with Crippen molar-refractivity contribution in [2.45, 2.75) is 59.9 Å². The highest BCUT2D eigenvalue weighted by Gasteiger charge is 2.42. The Kier molecular flexibility index (Phi) is 5.91. The van der Waals surface area contributed by atoms with E-state index >= 15 is 0 Å². The molecule has 1 aromatic rings. The smallest absolute Gasteiger partial charge is 0.409 e. The predicted octanol–water partition coefficient (Wildman–Crippen LogP) is 3.17. The van der Waals surface area contributed by atoms with Gasteiger partial charge in [0, 0.05) is 32.3 Å². The Hall–Kier alpha value is -2.18. The van der Waals surface area contributed by atoms with Gasteiger partial charge in [0.25, 0.3) is 0 Å². The van der Waals surface area contributed by atoms with Crippen LogP contribution in [0.1, 0.15) is 57.8 Å². The average molecular weight is 389 g/mol. The third-order valence-corrected chi connectivity index (χ3v) is 5.65. The first-order valence-corrected chi connectivity index (χ1v) is 10.1. The van der Waals surface area contributed by atoms with Crippen molar-refractivity contribution in [3.63, 3.8) is 0 Å². The molecule has 2 aliphatic heterocycles. The molecule has 28 heavy (non-hydrogen) atoms. The fraction of sp³-hybridized carbons (Fsp3) is 0.714. The van der Waals surface area contributed by atoms with Crippen LogP contribution >= 0.6 is 0 Å². The molecule has 0 aliphatic carbocycles. The van der Waals surface area contributed by atoms with Gasteiger partial charge in [-0.3, -0.25) is 14.8 Å². The quantitative estimate of drug-likeness (QED) is 0.795. The highest BCUT2D eigenvalue weighted by atomic mass is 16.6. The van der Waals surface area contributed by atoms with Crippen LogP contribution in [0.3, 0.4) is 0 Å². The lowest BCUT2D eigenvalue weighted by atomic mass is 9.72. The van der Waals surface area contributed by atoms with E-state index in [2.05, 4.69) is 30.7 Å². The molecule has 0 saturated carbocycles. The molecule has 1 spiro atoms. The minimum Gasteiger partial charge on any atom is -0.449 e. The second kappa shape index (κ2) is 8.05. The topological polar surface area (TPSA) is 75.6 Å². The zero-order valence-corrected chi connectivity index (χ0v) is 17.5. The van der Waals surface area contributed by atoms with Crippen molar-refractivity contribution in [3.05, 3.63) is 23.8 Å². The molecule has 3 heterocycles. The molecule has 0 unspecified atom stereocenters. The first kappa shape index (κ1) is 20.6. The largest absolute Gasteiger partial charge is 0.449 e. The van der Waals surface area contributed by atoms with E-state index < -0.39 is 0 Å². The molecule has 0 bridgehead atoms. The summed E-state index contributed by atoms with van der Waals surface area (Å²) in [6.07, 6.45) is 6.53. The van der Waals surface area contributed by atoms with E-state index in [-0.39, 0.29) is 22.8 Å². The molecular weight excluding hydrogens is 356 g/mol. The number of hydrogen-bond acceptors (Lipinski definition) is 5. The predicted molar refractivity (Wildman–Crippen MR) is 105 cm³/mol. The Morgan fingerprint density at radius 3 is 2.50 bits per heavy atom. The van der Waals surface area contributed by atoms with Crippen LogP contribution in [0.2, 0.25) is 0 Å². The Morgan fingerprint density at radius 1 is 1.18 bits per heavy atom. The van der Waals surface area contributed by atoms with E-state index in [0.717, 1.165) is 37.2 Å². The minimum absolute atomic E-state index is 0.0320. The number of carbonyl (C=O) groups excluding carboxylic acids is 2. The van der Waals surface area contributed by atoms with Gasteiger partial charge in [-0.1, -0.05) is 20.8 Å². The summed E-state index contributed by atoms with van der Waals surface area (Å²) in [6.45, 7) is 11.1. The Morgan fingerprint density at radius 2 is 1.89 bits per heavy atom. The summed E-state index contributed by atoms with van der Waals surface area (Å²) in [5.74, 6) is 0.181. The lowest BCUT2D eigenvalue weighted by Gasteiger charge is -2.47. The molecule has 0 radical (unpaired) electrons. The first-order valence-electron chi connectivity index (χ1n) is 10.1. The highest BCUT2D eigenvalue weighted by Crippen LogP contribution is 2.40. The molecule has 0 aromatic carbocycles. The monoisotopic (exact) mass is 388 g/mol. The van der Waals surface area contributed by atoms with Crippen LogP contribution < -0.4 is 0 Å². The summed E-state index contributed by atoms with van der Waals surface area (Å²) in [5, 5.41) is 0. The molecule has 7 heteroatoms. The van der Waals surface area contributed by atoms with Gasteiger partial charge in [-0.05, 0) is 37.0 Å². The molecule has 7 nitrogen and oxygen atoms in total. The normalized spacial score (nSPS) is 19.8. The standard InChI is InChI=1S/C21H32N4O3/c1-16-11-23-17(12-22-16)13-25-14-21(6-5-18(25)26)7-9-24(10-8-21)19(27)28-15-20(2,3)4/h11-12H,5-10,13-15H2,1-4H3.